The molecule has 0 amide bonds. The van der Waals surface area contributed by atoms with Gasteiger partial charge in [0, 0.05) is 50.4 Å². The zero-order chi connectivity index (χ0) is 19.5. The normalized spacial score (nSPS) is 15.1. The lowest BCUT2D eigenvalue weighted by Gasteiger charge is -2.36. The van der Waals surface area contributed by atoms with E-state index in [1.165, 1.54) is 23.4 Å². The lowest BCUT2D eigenvalue weighted by Crippen LogP contribution is -2.47. The summed E-state index contributed by atoms with van der Waals surface area (Å²) in [7, 11) is 0. The van der Waals surface area contributed by atoms with Crippen LogP contribution in [0, 0.1) is 12.7 Å². The van der Waals surface area contributed by atoms with Gasteiger partial charge >= 0.3 is 5.76 Å². The lowest BCUT2D eigenvalue weighted by atomic mass is 10.1. The van der Waals surface area contributed by atoms with Gasteiger partial charge < -0.3 is 9.32 Å². The average Bonchev–Trinajstić information content (AvgIpc) is 3.08. The summed E-state index contributed by atoms with van der Waals surface area (Å²) in [6, 6.07) is 14.7. The van der Waals surface area contributed by atoms with Gasteiger partial charge in [-0.25, -0.2) is 9.18 Å². The zero-order valence-electron chi connectivity index (χ0n) is 16.0. The molecule has 0 radical (unpaired) electrons. The van der Waals surface area contributed by atoms with E-state index < -0.39 is 5.76 Å². The fraction of sp³-hybridized carbons (Fsp3) is 0.318. The number of oxazole rings is 1. The van der Waals surface area contributed by atoms with E-state index in [4.69, 9.17) is 4.42 Å². The summed E-state index contributed by atoms with van der Waals surface area (Å²) in [5, 5.41) is 0. The van der Waals surface area contributed by atoms with E-state index in [-0.39, 0.29) is 5.82 Å². The number of aromatic amines is 1. The summed E-state index contributed by atoms with van der Waals surface area (Å²) < 4.78 is 18.5. The third kappa shape index (κ3) is 4.17. The molecule has 6 heteroatoms. The Labute approximate surface area is 163 Å². The van der Waals surface area contributed by atoms with Crippen molar-refractivity contribution in [1.82, 2.24) is 9.88 Å². The Bertz CT molecular complexity index is 986. The number of hydrogen-bond donors (Lipinski definition) is 1. The first-order valence-electron chi connectivity index (χ1n) is 9.60. The Kier molecular flexibility index (Phi) is 5.30. The van der Waals surface area contributed by atoms with Gasteiger partial charge in [0.05, 0.1) is 5.69 Å². The van der Waals surface area contributed by atoms with Crippen molar-refractivity contribution in [1.29, 1.82) is 0 Å². The molecule has 0 unspecified atom stereocenters. The summed E-state index contributed by atoms with van der Waals surface area (Å²) >= 11 is 0. The van der Waals surface area contributed by atoms with Gasteiger partial charge in [0.15, 0.2) is 0 Å². The Morgan fingerprint density at radius 3 is 2.54 bits per heavy atom. The number of nitrogens with zero attached hydrogens (tertiary/aromatic N) is 2. The van der Waals surface area contributed by atoms with Crippen molar-refractivity contribution in [2.75, 3.05) is 37.6 Å². The first kappa shape index (κ1) is 18.5. The molecule has 1 saturated heterocycles. The van der Waals surface area contributed by atoms with Gasteiger partial charge in [-0.15, -0.1) is 0 Å². The molecule has 28 heavy (non-hydrogen) atoms. The van der Waals surface area contributed by atoms with E-state index in [0.29, 0.717) is 17.9 Å². The molecular weight excluding hydrogens is 357 g/mol. The molecule has 0 spiro atoms. The van der Waals surface area contributed by atoms with Crippen LogP contribution in [-0.4, -0.2) is 42.6 Å². The van der Waals surface area contributed by atoms with Gasteiger partial charge in [-0.2, -0.15) is 0 Å². The highest BCUT2D eigenvalue weighted by Gasteiger charge is 2.19. The number of nitrogens with one attached hydrogen (secondary N) is 1. The van der Waals surface area contributed by atoms with Crippen molar-refractivity contribution in [2.24, 2.45) is 0 Å². The SMILES string of the molecule is Cc1cccc(N2CCN(CCc3oc(=O)[nH]c3-c3ccc(F)cc3)CC2)c1. The van der Waals surface area contributed by atoms with Crippen molar-refractivity contribution in [3.05, 3.63) is 76.2 Å². The Hall–Kier alpha value is -2.86. The minimum Gasteiger partial charge on any atom is -0.412 e. The highest BCUT2D eigenvalue weighted by molar-refractivity contribution is 5.60. The van der Waals surface area contributed by atoms with E-state index in [1.807, 2.05) is 0 Å². The number of aryl methyl sites for hydroxylation is 1. The van der Waals surface area contributed by atoms with E-state index in [1.54, 1.807) is 12.1 Å². The number of H-pyrrole nitrogens is 1. The molecule has 1 aromatic heterocycles. The molecule has 2 aromatic carbocycles. The summed E-state index contributed by atoms with van der Waals surface area (Å²) in [5.41, 5.74) is 3.94. The fourth-order valence-corrected chi connectivity index (χ4v) is 3.70. The Balaban J connectivity index is 1.37. The summed E-state index contributed by atoms with van der Waals surface area (Å²) in [6.45, 7) is 6.82. The number of rotatable bonds is 5. The molecule has 5 nitrogen and oxygen atoms in total. The first-order chi connectivity index (χ1) is 13.6. The van der Waals surface area contributed by atoms with Gasteiger partial charge in [0.25, 0.3) is 0 Å². The number of benzene rings is 2. The van der Waals surface area contributed by atoms with Gasteiger partial charge in [-0.1, -0.05) is 12.1 Å². The summed E-state index contributed by atoms with van der Waals surface area (Å²) in [4.78, 5) is 19.2. The Morgan fingerprint density at radius 2 is 1.82 bits per heavy atom. The molecule has 0 saturated carbocycles. The lowest BCUT2D eigenvalue weighted by molar-refractivity contribution is 0.254. The molecule has 0 aliphatic carbocycles. The standard InChI is InChI=1S/C22H24FN3O2/c1-16-3-2-4-19(15-16)26-13-11-25(12-14-26)10-9-20-21(24-22(27)28-20)17-5-7-18(23)8-6-17/h2-8,15H,9-14H2,1H3,(H,24,27). The van der Waals surface area contributed by atoms with Crippen molar-refractivity contribution >= 4 is 5.69 Å². The minimum absolute atomic E-state index is 0.303. The maximum atomic E-state index is 13.2. The van der Waals surface area contributed by atoms with Crippen molar-refractivity contribution in [3.63, 3.8) is 0 Å². The average molecular weight is 381 g/mol. The van der Waals surface area contributed by atoms with Crippen LogP contribution in [0.25, 0.3) is 11.3 Å². The van der Waals surface area contributed by atoms with Crippen molar-refractivity contribution in [3.8, 4) is 11.3 Å². The highest BCUT2D eigenvalue weighted by Crippen LogP contribution is 2.22. The second kappa shape index (κ2) is 8.02. The van der Waals surface area contributed by atoms with Crippen LogP contribution in [0.5, 0.6) is 0 Å². The molecule has 1 aliphatic rings. The maximum absolute atomic E-state index is 13.2. The number of piperazine rings is 1. The number of anilines is 1. The van der Waals surface area contributed by atoms with E-state index in [9.17, 15) is 9.18 Å². The van der Waals surface area contributed by atoms with Gasteiger partial charge in [0.2, 0.25) is 0 Å². The predicted molar refractivity (Wildman–Crippen MR) is 108 cm³/mol. The largest absolute Gasteiger partial charge is 0.416 e. The zero-order valence-corrected chi connectivity index (χ0v) is 16.0. The number of halogens is 1. The molecule has 0 bridgehead atoms. The smallest absolute Gasteiger partial charge is 0.412 e. The highest BCUT2D eigenvalue weighted by atomic mass is 19.1. The third-order valence-corrected chi connectivity index (χ3v) is 5.25. The van der Waals surface area contributed by atoms with E-state index in [0.717, 1.165) is 38.3 Å². The second-order valence-electron chi connectivity index (χ2n) is 7.24. The van der Waals surface area contributed by atoms with Crippen LogP contribution >= 0.6 is 0 Å². The molecule has 3 aromatic rings. The van der Waals surface area contributed by atoms with Gasteiger partial charge in [-0.3, -0.25) is 9.88 Å². The molecule has 4 rings (SSSR count). The van der Waals surface area contributed by atoms with Gasteiger partial charge in [-0.05, 0) is 48.9 Å². The van der Waals surface area contributed by atoms with Crippen LogP contribution < -0.4 is 10.7 Å². The molecule has 1 aliphatic heterocycles. The first-order valence-corrected chi connectivity index (χ1v) is 9.60. The van der Waals surface area contributed by atoms with Crippen LogP contribution in [-0.2, 0) is 6.42 Å². The maximum Gasteiger partial charge on any atom is 0.416 e. The molecule has 1 N–H and O–H groups in total. The molecule has 1 fully saturated rings. The van der Waals surface area contributed by atoms with Crippen LogP contribution in [0.4, 0.5) is 10.1 Å². The predicted octanol–water partition coefficient (Wildman–Crippen LogP) is 3.45. The Morgan fingerprint density at radius 1 is 1.07 bits per heavy atom. The van der Waals surface area contributed by atoms with Crippen molar-refractivity contribution < 1.29 is 8.81 Å². The topological polar surface area (TPSA) is 52.5 Å². The van der Waals surface area contributed by atoms with Crippen LogP contribution in [0.1, 0.15) is 11.3 Å². The molecule has 0 atom stereocenters. The monoisotopic (exact) mass is 381 g/mol. The summed E-state index contributed by atoms with van der Waals surface area (Å²) in [5.74, 6) is -0.154. The molecular formula is C22H24FN3O2. The van der Waals surface area contributed by atoms with Crippen LogP contribution in [0.2, 0.25) is 0 Å². The number of aromatic nitrogens is 1. The third-order valence-electron chi connectivity index (χ3n) is 5.25. The second-order valence-corrected chi connectivity index (χ2v) is 7.24. The van der Waals surface area contributed by atoms with E-state index in [2.05, 4.69) is 46.0 Å². The number of hydrogen-bond acceptors (Lipinski definition) is 4. The van der Waals surface area contributed by atoms with Crippen LogP contribution in [0.15, 0.2) is 57.7 Å². The van der Waals surface area contributed by atoms with Crippen molar-refractivity contribution in [2.45, 2.75) is 13.3 Å². The molecule has 2 heterocycles. The van der Waals surface area contributed by atoms with E-state index >= 15 is 0 Å². The quantitative estimate of drug-likeness (QED) is 0.736. The van der Waals surface area contributed by atoms with Crippen LogP contribution in [0.3, 0.4) is 0 Å². The molecule has 146 valence electrons. The summed E-state index contributed by atoms with van der Waals surface area (Å²) in [6.07, 6.45) is 0.635. The minimum atomic E-state index is -0.474. The van der Waals surface area contributed by atoms with Gasteiger partial charge in [0.1, 0.15) is 11.6 Å². The fourth-order valence-electron chi connectivity index (χ4n) is 3.70.